The molecule has 22 heavy (non-hydrogen) atoms. The van der Waals surface area contributed by atoms with Gasteiger partial charge in [0.2, 0.25) is 5.91 Å². The lowest BCUT2D eigenvalue weighted by Crippen LogP contribution is -2.27. The van der Waals surface area contributed by atoms with E-state index in [4.69, 9.17) is 0 Å². The summed E-state index contributed by atoms with van der Waals surface area (Å²) in [6.45, 7) is 5.15. The molecule has 1 fully saturated rings. The summed E-state index contributed by atoms with van der Waals surface area (Å²) >= 11 is 1.32. The number of thiazole rings is 1. The molecule has 0 aromatic carbocycles. The van der Waals surface area contributed by atoms with E-state index in [9.17, 15) is 9.59 Å². The van der Waals surface area contributed by atoms with E-state index in [1.54, 1.807) is 0 Å². The van der Waals surface area contributed by atoms with Gasteiger partial charge in [-0.2, -0.15) is 0 Å². The zero-order chi connectivity index (χ0) is 15.0. The Bertz CT molecular complexity index is 579. The van der Waals surface area contributed by atoms with Crippen LogP contribution in [-0.4, -0.2) is 29.3 Å². The summed E-state index contributed by atoms with van der Waals surface area (Å²) in [5, 5.41) is 6.72. The summed E-state index contributed by atoms with van der Waals surface area (Å²) in [6.07, 6.45) is 4.01. The molecule has 0 spiro atoms. The van der Waals surface area contributed by atoms with Gasteiger partial charge in [-0.15, -0.1) is 12.4 Å². The smallest absolute Gasteiger partial charge is 0.227 e. The number of ketones is 1. The van der Waals surface area contributed by atoms with Gasteiger partial charge in [-0.25, -0.2) is 4.98 Å². The predicted molar refractivity (Wildman–Crippen MR) is 90.1 cm³/mol. The predicted octanol–water partition coefficient (Wildman–Crippen LogP) is 2.80. The van der Waals surface area contributed by atoms with Gasteiger partial charge in [0.15, 0.2) is 10.9 Å². The van der Waals surface area contributed by atoms with Gasteiger partial charge in [0.25, 0.3) is 0 Å². The number of carbonyl (C=O) groups is 2. The average molecular weight is 344 g/mol. The van der Waals surface area contributed by atoms with Crippen LogP contribution in [0.5, 0.6) is 0 Å². The third-order valence-electron chi connectivity index (χ3n) is 4.08. The Morgan fingerprint density at radius 3 is 2.91 bits per heavy atom. The molecule has 0 radical (unpaired) electrons. The molecule has 1 saturated heterocycles. The molecule has 0 saturated carbocycles. The van der Waals surface area contributed by atoms with E-state index in [-0.39, 0.29) is 35.6 Å². The zero-order valence-corrected chi connectivity index (χ0v) is 14.5. The average Bonchev–Trinajstić information content (AvgIpc) is 2.97. The molecule has 1 amide bonds. The molecule has 1 aliphatic carbocycles. The second-order valence-corrected chi connectivity index (χ2v) is 7.78. The van der Waals surface area contributed by atoms with Gasteiger partial charge in [-0.1, -0.05) is 25.2 Å². The van der Waals surface area contributed by atoms with Crippen molar-refractivity contribution in [1.82, 2.24) is 10.3 Å². The number of nitrogens with zero attached hydrogens (tertiary/aromatic N) is 1. The Morgan fingerprint density at radius 2 is 2.23 bits per heavy atom. The maximum Gasteiger partial charge on any atom is 0.227 e. The van der Waals surface area contributed by atoms with Crippen molar-refractivity contribution in [2.75, 3.05) is 11.9 Å². The summed E-state index contributed by atoms with van der Waals surface area (Å²) in [6, 6.07) is 0.278. The SMILES string of the molecule is CC1(C)CC(=O)c2sc(NC(=O)CC3CCCN3)nc2C1.Cl. The molecule has 2 aliphatic rings. The molecule has 7 heteroatoms. The van der Waals surface area contributed by atoms with Crippen molar-refractivity contribution in [3.05, 3.63) is 10.6 Å². The quantitative estimate of drug-likeness (QED) is 0.885. The summed E-state index contributed by atoms with van der Waals surface area (Å²) < 4.78 is 0. The van der Waals surface area contributed by atoms with Gasteiger partial charge in [0.05, 0.1) is 10.6 Å². The Balaban J connectivity index is 0.00000176. The second kappa shape index (κ2) is 6.64. The molecular formula is C15H22ClN3O2S. The fraction of sp³-hybridized carbons (Fsp3) is 0.667. The van der Waals surface area contributed by atoms with E-state index in [0.29, 0.717) is 18.0 Å². The number of fused-ring (bicyclic) bond motifs is 1. The number of anilines is 1. The van der Waals surface area contributed by atoms with Crippen LogP contribution in [0.1, 0.15) is 54.9 Å². The van der Waals surface area contributed by atoms with Crippen LogP contribution in [0.4, 0.5) is 5.13 Å². The molecule has 1 atom stereocenters. The number of Topliss-reactive ketones (excluding diaryl/α,β-unsaturated/α-hetero) is 1. The largest absolute Gasteiger partial charge is 0.313 e. The molecule has 122 valence electrons. The van der Waals surface area contributed by atoms with Crippen molar-refractivity contribution < 1.29 is 9.59 Å². The minimum atomic E-state index is -0.0345. The van der Waals surface area contributed by atoms with Gasteiger partial charge in [0, 0.05) is 18.9 Å². The highest BCUT2D eigenvalue weighted by molar-refractivity contribution is 7.17. The van der Waals surface area contributed by atoms with Crippen molar-refractivity contribution >= 4 is 40.6 Å². The van der Waals surface area contributed by atoms with E-state index in [0.717, 1.165) is 36.4 Å². The number of aromatic nitrogens is 1. The minimum absolute atomic E-state index is 0. The molecule has 1 aromatic heterocycles. The maximum atomic E-state index is 12.1. The fourth-order valence-electron chi connectivity index (χ4n) is 3.10. The number of hydrogen-bond acceptors (Lipinski definition) is 5. The van der Waals surface area contributed by atoms with Gasteiger partial charge >= 0.3 is 0 Å². The van der Waals surface area contributed by atoms with Crippen LogP contribution in [-0.2, 0) is 11.2 Å². The first kappa shape index (κ1) is 17.4. The van der Waals surface area contributed by atoms with Gasteiger partial charge < -0.3 is 10.6 Å². The lowest BCUT2D eigenvalue weighted by Gasteiger charge is -2.26. The summed E-state index contributed by atoms with van der Waals surface area (Å²) in [7, 11) is 0. The standard InChI is InChI=1S/C15H21N3O2S.ClH/c1-15(2)7-10-13(11(19)8-15)21-14(17-10)18-12(20)6-9-4-3-5-16-9;/h9,16H,3-8H2,1-2H3,(H,17,18,20);1H. The lowest BCUT2D eigenvalue weighted by molar-refractivity contribution is -0.116. The first-order valence-corrected chi connectivity index (χ1v) is 8.31. The summed E-state index contributed by atoms with van der Waals surface area (Å²) in [5.74, 6) is 0.129. The van der Waals surface area contributed by atoms with Crippen LogP contribution in [0.2, 0.25) is 0 Å². The van der Waals surface area contributed by atoms with Crippen LogP contribution in [0.3, 0.4) is 0 Å². The van der Waals surface area contributed by atoms with E-state index < -0.39 is 0 Å². The Kier molecular flexibility index (Phi) is 5.25. The second-order valence-electron chi connectivity index (χ2n) is 6.78. The Labute approximate surface area is 140 Å². The lowest BCUT2D eigenvalue weighted by atomic mass is 9.78. The molecular weight excluding hydrogens is 322 g/mol. The van der Waals surface area contributed by atoms with E-state index >= 15 is 0 Å². The van der Waals surface area contributed by atoms with Gasteiger partial charge in [-0.05, 0) is 31.2 Å². The Hall–Kier alpha value is -0.980. The topological polar surface area (TPSA) is 71.1 Å². The minimum Gasteiger partial charge on any atom is -0.313 e. The van der Waals surface area contributed by atoms with Crippen molar-refractivity contribution in [3.8, 4) is 0 Å². The number of amides is 1. The van der Waals surface area contributed by atoms with Crippen molar-refractivity contribution in [1.29, 1.82) is 0 Å². The van der Waals surface area contributed by atoms with Crippen LogP contribution >= 0.6 is 23.7 Å². The van der Waals surface area contributed by atoms with Gasteiger partial charge in [0.1, 0.15) is 0 Å². The first-order valence-electron chi connectivity index (χ1n) is 7.49. The highest BCUT2D eigenvalue weighted by Gasteiger charge is 2.34. The van der Waals surface area contributed by atoms with E-state index in [1.807, 2.05) is 0 Å². The third kappa shape index (κ3) is 3.86. The molecule has 1 aromatic rings. The highest BCUT2D eigenvalue weighted by atomic mass is 35.5. The van der Waals surface area contributed by atoms with Crippen molar-refractivity contribution in [3.63, 3.8) is 0 Å². The molecule has 1 aliphatic heterocycles. The monoisotopic (exact) mass is 343 g/mol. The zero-order valence-electron chi connectivity index (χ0n) is 12.9. The number of rotatable bonds is 3. The maximum absolute atomic E-state index is 12.1. The van der Waals surface area contributed by atoms with E-state index in [2.05, 4.69) is 29.5 Å². The summed E-state index contributed by atoms with van der Waals surface area (Å²) in [4.78, 5) is 29.3. The molecule has 2 heterocycles. The number of carbonyl (C=O) groups excluding carboxylic acids is 2. The molecule has 2 N–H and O–H groups in total. The van der Waals surface area contributed by atoms with Gasteiger partial charge in [-0.3, -0.25) is 9.59 Å². The third-order valence-corrected chi connectivity index (χ3v) is 5.13. The molecule has 0 bridgehead atoms. The highest BCUT2D eigenvalue weighted by Crippen LogP contribution is 2.38. The van der Waals surface area contributed by atoms with Crippen LogP contribution in [0, 0.1) is 5.41 Å². The molecule has 3 rings (SSSR count). The normalized spacial score (nSPS) is 22.8. The number of nitrogens with one attached hydrogen (secondary N) is 2. The Morgan fingerprint density at radius 1 is 1.45 bits per heavy atom. The number of hydrogen-bond donors (Lipinski definition) is 2. The summed E-state index contributed by atoms with van der Waals surface area (Å²) in [5.41, 5.74) is 0.809. The number of halogens is 1. The molecule has 5 nitrogen and oxygen atoms in total. The van der Waals surface area contributed by atoms with Crippen molar-refractivity contribution in [2.45, 2.75) is 52.0 Å². The van der Waals surface area contributed by atoms with Crippen molar-refractivity contribution in [2.24, 2.45) is 5.41 Å². The first-order chi connectivity index (χ1) is 9.93. The van der Waals surface area contributed by atoms with Crippen LogP contribution < -0.4 is 10.6 Å². The van der Waals surface area contributed by atoms with E-state index in [1.165, 1.54) is 11.3 Å². The van der Waals surface area contributed by atoms with Crippen LogP contribution in [0.25, 0.3) is 0 Å². The fourth-order valence-corrected chi connectivity index (χ4v) is 4.03. The van der Waals surface area contributed by atoms with Crippen LogP contribution in [0.15, 0.2) is 0 Å². The molecule has 1 unspecified atom stereocenters.